The van der Waals surface area contributed by atoms with Crippen molar-refractivity contribution >= 4 is 23.6 Å². The molecule has 3 heterocycles. The highest BCUT2D eigenvalue weighted by molar-refractivity contribution is 6.03. The smallest absolute Gasteiger partial charge is 0.408 e. The SMILES string of the molecule is COC(=O)C1(Cc2ccc3nc(C(NC(=O)OCc4ccccc4)C(C4CC4)C4CC4)cn3n2)CCC(C(F)(F)F)NC1=O. The van der Waals surface area contributed by atoms with Crippen molar-refractivity contribution in [1.82, 2.24) is 25.2 Å². The number of rotatable bonds is 10. The van der Waals surface area contributed by atoms with Gasteiger partial charge < -0.3 is 20.1 Å². The molecule has 3 atom stereocenters. The Kier molecular flexibility index (Phi) is 7.97. The number of hydrogen-bond donors (Lipinski definition) is 2. The third-order valence-electron chi connectivity index (χ3n) is 8.97. The average molecular weight is 614 g/mol. The second kappa shape index (κ2) is 11.7. The van der Waals surface area contributed by atoms with Crippen LogP contribution in [0.4, 0.5) is 18.0 Å². The van der Waals surface area contributed by atoms with Crippen molar-refractivity contribution in [3.05, 3.63) is 65.6 Å². The summed E-state index contributed by atoms with van der Waals surface area (Å²) in [7, 11) is 1.10. The lowest BCUT2D eigenvalue weighted by Crippen LogP contribution is -2.59. The molecule has 3 aliphatic rings. The number of amides is 2. The van der Waals surface area contributed by atoms with Crippen molar-refractivity contribution in [2.24, 2.45) is 23.2 Å². The Labute approximate surface area is 251 Å². The standard InChI is InChI=1S/C31H34F3N5O5/c1-43-28(41)30(14-13-23(31(32,33)34)36-27(30)40)15-21-11-12-24-35-22(16-39(24)38-21)26(25(19-7-8-19)20-9-10-20)37-29(42)44-17-18-5-3-2-4-6-18/h2-6,11-12,16,19-20,23,25-26H,7-10,13-15,17H2,1H3,(H,36,40)(H,37,42). The van der Waals surface area contributed by atoms with Crippen LogP contribution in [0.2, 0.25) is 0 Å². The molecular weight excluding hydrogens is 579 g/mol. The van der Waals surface area contributed by atoms with Gasteiger partial charge >= 0.3 is 18.2 Å². The number of benzene rings is 1. The van der Waals surface area contributed by atoms with E-state index in [0.717, 1.165) is 38.4 Å². The molecule has 1 saturated heterocycles. The fraction of sp³-hybridized carbons (Fsp3) is 0.516. The molecule has 6 rings (SSSR count). The van der Waals surface area contributed by atoms with Gasteiger partial charge in [-0.25, -0.2) is 14.3 Å². The van der Waals surface area contributed by atoms with Gasteiger partial charge in [0.1, 0.15) is 12.6 Å². The van der Waals surface area contributed by atoms with E-state index in [1.165, 1.54) is 4.52 Å². The Bertz CT molecular complexity index is 1530. The number of aromatic nitrogens is 3. The molecular formula is C31H34F3N5O5. The number of nitrogens with one attached hydrogen (secondary N) is 2. The fourth-order valence-electron chi connectivity index (χ4n) is 6.39. The van der Waals surface area contributed by atoms with Gasteiger partial charge in [-0.1, -0.05) is 30.3 Å². The Balaban J connectivity index is 1.24. The molecule has 0 radical (unpaired) electrons. The molecule has 3 aromatic rings. The van der Waals surface area contributed by atoms with E-state index in [0.29, 0.717) is 28.9 Å². The molecule has 0 spiro atoms. The van der Waals surface area contributed by atoms with Crippen molar-refractivity contribution in [3.63, 3.8) is 0 Å². The van der Waals surface area contributed by atoms with Gasteiger partial charge in [0.25, 0.3) is 0 Å². The van der Waals surface area contributed by atoms with Crippen molar-refractivity contribution in [3.8, 4) is 0 Å². The highest BCUT2D eigenvalue weighted by Gasteiger charge is 2.55. The van der Waals surface area contributed by atoms with Gasteiger partial charge in [-0.3, -0.25) is 9.59 Å². The number of carbonyl (C=O) groups is 3. The number of imidazole rings is 1. The van der Waals surface area contributed by atoms with Gasteiger partial charge in [-0.15, -0.1) is 0 Å². The van der Waals surface area contributed by atoms with Crippen LogP contribution in [0.1, 0.15) is 61.5 Å². The number of nitrogens with zero attached hydrogens (tertiary/aromatic N) is 3. The zero-order chi connectivity index (χ0) is 31.1. The van der Waals surface area contributed by atoms with E-state index in [2.05, 4.69) is 10.4 Å². The first-order valence-electron chi connectivity index (χ1n) is 14.9. The van der Waals surface area contributed by atoms with Crippen LogP contribution in [0.25, 0.3) is 5.65 Å². The van der Waals surface area contributed by atoms with Gasteiger partial charge in [-0.05, 0) is 74.0 Å². The lowest BCUT2D eigenvalue weighted by molar-refractivity contribution is -0.181. The van der Waals surface area contributed by atoms with Crippen LogP contribution in [0, 0.1) is 23.2 Å². The highest BCUT2D eigenvalue weighted by atomic mass is 19.4. The van der Waals surface area contributed by atoms with E-state index in [1.807, 2.05) is 35.6 Å². The van der Waals surface area contributed by atoms with Crippen molar-refractivity contribution in [1.29, 1.82) is 0 Å². The Morgan fingerprint density at radius 1 is 1.09 bits per heavy atom. The number of fused-ring (bicyclic) bond motifs is 1. The number of carbonyl (C=O) groups excluding carboxylic acids is 3. The quantitative estimate of drug-likeness (QED) is 0.252. The molecule has 0 bridgehead atoms. The summed E-state index contributed by atoms with van der Waals surface area (Å²) in [6.07, 6.45) is -0.171. The predicted octanol–water partition coefficient (Wildman–Crippen LogP) is 4.68. The zero-order valence-corrected chi connectivity index (χ0v) is 24.2. The second-order valence-electron chi connectivity index (χ2n) is 12.1. The van der Waals surface area contributed by atoms with Gasteiger partial charge in [-0.2, -0.15) is 18.3 Å². The molecule has 3 unspecified atom stereocenters. The zero-order valence-electron chi connectivity index (χ0n) is 24.2. The van der Waals surface area contributed by atoms with Gasteiger partial charge in [0.15, 0.2) is 11.1 Å². The molecule has 10 nitrogen and oxygen atoms in total. The first kappa shape index (κ1) is 29.9. The highest BCUT2D eigenvalue weighted by Crippen LogP contribution is 2.54. The van der Waals surface area contributed by atoms with E-state index in [4.69, 9.17) is 14.5 Å². The first-order valence-corrected chi connectivity index (χ1v) is 14.9. The summed E-state index contributed by atoms with van der Waals surface area (Å²) in [5, 5.41) is 9.60. The molecule has 1 aliphatic heterocycles. The van der Waals surface area contributed by atoms with Crippen molar-refractivity contribution < 1.29 is 37.0 Å². The summed E-state index contributed by atoms with van der Waals surface area (Å²) in [6, 6.07) is 10.2. The number of esters is 1. The summed E-state index contributed by atoms with van der Waals surface area (Å²) in [6.45, 7) is 0.131. The van der Waals surface area contributed by atoms with Crippen LogP contribution in [0.5, 0.6) is 0 Å². The van der Waals surface area contributed by atoms with Crippen molar-refractivity contribution in [2.75, 3.05) is 7.11 Å². The number of alkyl carbamates (subject to hydrolysis) is 1. The Morgan fingerprint density at radius 3 is 2.41 bits per heavy atom. The molecule has 2 saturated carbocycles. The topological polar surface area (TPSA) is 124 Å². The van der Waals surface area contributed by atoms with Gasteiger partial charge in [0.05, 0.1) is 30.7 Å². The molecule has 44 heavy (non-hydrogen) atoms. The summed E-state index contributed by atoms with van der Waals surface area (Å²) < 4.78 is 51.8. The minimum atomic E-state index is -4.63. The van der Waals surface area contributed by atoms with E-state index in [9.17, 15) is 27.6 Å². The number of hydrogen-bond acceptors (Lipinski definition) is 7. The van der Waals surface area contributed by atoms with E-state index < -0.39 is 48.1 Å². The van der Waals surface area contributed by atoms with Crippen LogP contribution in [-0.2, 0) is 32.1 Å². The second-order valence-corrected chi connectivity index (χ2v) is 12.1. The summed E-state index contributed by atoms with van der Waals surface area (Å²) in [5.74, 6) is -0.820. The molecule has 13 heteroatoms. The summed E-state index contributed by atoms with van der Waals surface area (Å²) in [5.41, 5.74) is 0.420. The first-order chi connectivity index (χ1) is 21.1. The molecule has 1 aromatic carbocycles. The third-order valence-corrected chi connectivity index (χ3v) is 8.97. The minimum absolute atomic E-state index is 0.131. The van der Waals surface area contributed by atoms with Crippen LogP contribution in [0.15, 0.2) is 48.7 Å². The van der Waals surface area contributed by atoms with Crippen LogP contribution in [-0.4, -0.2) is 51.9 Å². The number of halogens is 3. The summed E-state index contributed by atoms with van der Waals surface area (Å²) in [4.78, 5) is 43.6. The van der Waals surface area contributed by atoms with Crippen molar-refractivity contribution in [2.45, 2.75) is 69.8 Å². The van der Waals surface area contributed by atoms with Crippen LogP contribution < -0.4 is 10.6 Å². The minimum Gasteiger partial charge on any atom is -0.468 e. The molecule has 2 amide bonds. The predicted molar refractivity (Wildman–Crippen MR) is 150 cm³/mol. The Hall–Kier alpha value is -4.16. The number of ether oxygens (including phenoxy) is 2. The molecule has 2 aromatic heterocycles. The maximum absolute atomic E-state index is 13.3. The molecule has 2 aliphatic carbocycles. The Morgan fingerprint density at radius 2 is 1.80 bits per heavy atom. The summed E-state index contributed by atoms with van der Waals surface area (Å²) >= 11 is 0. The molecule has 234 valence electrons. The number of alkyl halides is 3. The van der Waals surface area contributed by atoms with Gasteiger partial charge in [0.2, 0.25) is 5.91 Å². The van der Waals surface area contributed by atoms with Gasteiger partial charge in [0, 0.05) is 6.42 Å². The van der Waals surface area contributed by atoms with E-state index in [1.54, 1.807) is 18.3 Å². The van der Waals surface area contributed by atoms with Crippen LogP contribution in [0.3, 0.4) is 0 Å². The molecule has 3 fully saturated rings. The van der Waals surface area contributed by atoms with E-state index >= 15 is 0 Å². The normalized spacial score (nSPS) is 22.8. The third kappa shape index (κ3) is 6.22. The fourth-order valence-corrected chi connectivity index (χ4v) is 6.39. The van der Waals surface area contributed by atoms with Crippen LogP contribution >= 0.6 is 0 Å². The maximum Gasteiger partial charge on any atom is 0.408 e. The largest absolute Gasteiger partial charge is 0.468 e. The lowest BCUT2D eigenvalue weighted by Gasteiger charge is -2.37. The number of piperidine rings is 1. The monoisotopic (exact) mass is 613 g/mol. The van der Waals surface area contributed by atoms with E-state index in [-0.39, 0.29) is 25.4 Å². The average Bonchev–Trinajstić information content (AvgIpc) is 3.95. The number of methoxy groups -OCH3 is 1. The maximum atomic E-state index is 13.3. The lowest BCUT2D eigenvalue weighted by atomic mass is 9.74. The molecule has 2 N–H and O–H groups in total.